The third kappa shape index (κ3) is 3.90. The van der Waals surface area contributed by atoms with Gasteiger partial charge < -0.3 is 9.47 Å². The van der Waals surface area contributed by atoms with E-state index < -0.39 is 24.9 Å². The lowest BCUT2D eigenvalue weighted by atomic mass is 10.4. The van der Waals surface area contributed by atoms with Gasteiger partial charge in [0, 0.05) is 16.7 Å². The first kappa shape index (κ1) is 12.0. The highest BCUT2D eigenvalue weighted by Gasteiger charge is 2.16. The molecule has 1 aromatic rings. The van der Waals surface area contributed by atoms with Crippen LogP contribution >= 0.6 is 15.9 Å². The van der Waals surface area contributed by atoms with Gasteiger partial charge in [-0.05, 0) is 15.9 Å². The molecule has 1 aromatic heterocycles. The highest BCUT2D eigenvalue weighted by atomic mass is 79.9. The van der Waals surface area contributed by atoms with Crippen LogP contribution in [0.15, 0.2) is 16.7 Å². The summed E-state index contributed by atoms with van der Waals surface area (Å²) in [5.41, 5.74) is 0. The third-order valence-electron chi connectivity index (χ3n) is 1.20. The Bertz CT molecular complexity index is 337. The molecule has 84 valence electrons. The average molecular weight is 290 g/mol. The number of aromatic nitrogens is 1. The number of hydrogen-bond acceptors (Lipinski definition) is 3. The molecule has 0 amide bonds. The van der Waals surface area contributed by atoms with E-state index in [9.17, 15) is 17.6 Å². The first-order valence-electron chi connectivity index (χ1n) is 3.54. The minimum Gasteiger partial charge on any atom is -0.429 e. The van der Waals surface area contributed by atoms with Crippen molar-refractivity contribution >= 4 is 15.9 Å². The van der Waals surface area contributed by atoms with Crippen molar-refractivity contribution in [2.24, 2.45) is 0 Å². The number of hydrogen-bond donors (Lipinski definition) is 0. The van der Waals surface area contributed by atoms with Crippen LogP contribution in [-0.4, -0.2) is 18.2 Å². The van der Waals surface area contributed by atoms with Gasteiger partial charge in [-0.2, -0.15) is 17.6 Å². The minimum absolute atomic E-state index is 0.305. The van der Waals surface area contributed by atoms with Crippen LogP contribution in [0.1, 0.15) is 0 Å². The largest absolute Gasteiger partial charge is 0.429 e. The number of pyridine rings is 1. The summed E-state index contributed by atoms with van der Waals surface area (Å²) < 4.78 is 55.5. The molecule has 0 aliphatic rings. The van der Waals surface area contributed by atoms with E-state index in [1.807, 2.05) is 0 Å². The predicted octanol–water partition coefficient (Wildman–Crippen LogP) is 3.05. The topological polar surface area (TPSA) is 31.4 Å². The maximum atomic E-state index is 11.9. The molecule has 0 aliphatic heterocycles. The summed E-state index contributed by atoms with van der Waals surface area (Å²) in [6, 6.07) is 1.05. The number of nitrogens with zero attached hydrogens (tertiary/aromatic N) is 1. The molecular formula is C7H4BrF4NO2. The highest BCUT2D eigenvalue weighted by Crippen LogP contribution is 2.30. The van der Waals surface area contributed by atoms with Gasteiger partial charge in [-0.25, -0.2) is 4.98 Å². The molecule has 0 aromatic carbocycles. The Labute approximate surface area is 90.1 Å². The van der Waals surface area contributed by atoms with Crippen molar-refractivity contribution < 1.29 is 27.0 Å². The molecule has 1 heterocycles. The molecule has 0 radical (unpaired) electrons. The Morgan fingerprint density at radius 1 is 1.13 bits per heavy atom. The monoisotopic (exact) mass is 289 g/mol. The van der Waals surface area contributed by atoms with Crippen molar-refractivity contribution in [1.29, 1.82) is 0 Å². The lowest BCUT2D eigenvalue weighted by Crippen LogP contribution is -2.08. The summed E-state index contributed by atoms with van der Waals surface area (Å²) in [5.74, 6) is -1.24. The quantitative estimate of drug-likeness (QED) is 0.799. The van der Waals surface area contributed by atoms with Crippen molar-refractivity contribution in [3.8, 4) is 11.6 Å². The van der Waals surface area contributed by atoms with Crippen LogP contribution in [0.4, 0.5) is 17.6 Å². The SMILES string of the molecule is FC(F)Oc1cc(Br)cnc1OC(F)F. The molecule has 0 fully saturated rings. The van der Waals surface area contributed by atoms with Crippen molar-refractivity contribution in [2.75, 3.05) is 0 Å². The van der Waals surface area contributed by atoms with E-state index in [0.29, 0.717) is 4.47 Å². The third-order valence-corrected chi connectivity index (χ3v) is 1.64. The lowest BCUT2D eigenvalue weighted by Gasteiger charge is -2.10. The maximum absolute atomic E-state index is 11.9. The standard InChI is InChI=1S/C7H4BrF4NO2/c8-3-1-4(14-6(9)10)5(13-2-3)15-7(11)12/h1-2,6-7H. The van der Waals surface area contributed by atoms with Gasteiger partial charge >= 0.3 is 13.2 Å². The summed E-state index contributed by atoms with van der Waals surface area (Å²) in [6.45, 7) is -6.29. The Morgan fingerprint density at radius 2 is 1.73 bits per heavy atom. The van der Waals surface area contributed by atoms with E-state index >= 15 is 0 Å². The second-order valence-corrected chi connectivity index (χ2v) is 3.13. The number of alkyl halides is 4. The first-order valence-corrected chi connectivity index (χ1v) is 4.33. The molecule has 15 heavy (non-hydrogen) atoms. The molecule has 0 saturated carbocycles. The average Bonchev–Trinajstić information content (AvgIpc) is 2.08. The molecule has 3 nitrogen and oxygen atoms in total. The van der Waals surface area contributed by atoms with Crippen LogP contribution in [0.2, 0.25) is 0 Å². The van der Waals surface area contributed by atoms with Gasteiger partial charge in [-0.15, -0.1) is 0 Å². The van der Waals surface area contributed by atoms with Crippen LogP contribution in [0.5, 0.6) is 11.6 Å². The summed E-state index contributed by atoms with van der Waals surface area (Å²) in [6.07, 6.45) is 1.12. The summed E-state index contributed by atoms with van der Waals surface area (Å²) in [5, 5.41) is 0. The molecule has 8 heteroatoms. The second-order valence-electron chi connectivity index (χ2n) is 2.21. The molecule has 0 unspecified atom stereocenters. The van der Waals surface area contributed by atoms with Crippen LogP contribution in [0.3, 0.4) is 0 Å². The van der Waals surface area contributed by atoms with Crippen molar-refractivity contribution in [3.63, 3.8) is 0 Å². The fourth-order valence-electron chi connectivity index (χ4n) is 0.761. The van der Waals surface area contributed by atoms with Gasteiger partial charge in [-0.3, -0.25) is 0 Å². The smallest absolute Gasteiger partial charge is 0.388 e. The number of halogens is 5. The molecule has 0 spiro atoms. The van der Waals surface area contributed by atoms with E-state index in [-0.39, 0.29) is 0 Å². The zero-order valence-electron chi connectivity index (χ0n) is 6.96. The van der Waals surface area contributed by atoms with Crippen LogP contribution in [-0.2, 0) is 0 Å². The van der Waals surface area contributed by atoms with E-state index in [4.69, 9.17) is 0 Å². The zero-order chi connectivity index (χ0) is 11.4. The van der Waals surface area contributed by atoms with Crippen molar-refractivity contribution in [2.45, 2.75) is 13.2 Å². The molecule has 0 saturated heterocycles. The fraction of sp³-hybridized carbons (Fsp3) is 0.286. The molecule has 0 bridgehead atoms. The summed E-state index contributed by atoms with van der Waals surface area (Å²) >= 11 is 2.92. The summed E-state index contributed by atoms with van der Waals surface area (Å²) in [7, 11) is 0. The zero-order valence-corrected chi connectivity index (χ0v) is 8.55. The second kappa shape index (κ2) is 5.15. The molecule has 0 aliphatic carbocycles. The number of rotatable bonds is 4. The van der Waals surface area contributed by atoms with Gasteiger partial charge in [0.15, 0.2) is 5.75 Å². The Balaban J connectivity index is 2.92. The molecule has 1 rings (SSSR count). The van der Waals surface area contributed by atoms with E-state index in [1.165, 1.54) is 0 Å². The fourth-order valence-corrected chi connectivity index (χ4v) is 1.07. The normalized spacial score (nSPS) is 10.9. The number of ether oxygens (including phenoxy) is 2. The Morgan fingerprint density at radius 3 is 2.27 bits per heavy atom. The first-order chi connectivity index (χ1) is 6.99. The Kier molecular flexibility index (Phi) is 4.13. The van der Waals surface area contributed by atoms with Crippen LogP contribution in [0, 0.1) is 0 Å². The molecule has 0 N–H and O–H groups in total. The van der Waals surface area contributed by atoms with Gasteiger partial charge in [0.1, 0.15) is 0 Å². The van der Waals surface area contributed by atoms with Crippen LogP contribution < -0.4 is 9.47 Å². The highest BCUT2D eigenvalue weighted by molar-refractivity contribution is 9.10. The predicted molar refractivity (Wildman–Crippen MR) is 45.2 cm³/mol. The maximum Gasteiger partial charge on any atom is 0.388 e. The van der Waals surface area contributed by atoms with Crippen molar-refractivity contribution in [1.82, 2.24) is 4.98 Å². The van der Waals surface area contributed by atoms with Crippen LogP contribution in [0.25, 0.3) is 0 Å². The van der Waals surface area contributed by atoms with E-state index in [1.54, 1.807) is 0 Å². The van der Waals surface area contributed by atoms with E-state index in [2.05, 4.69) is 30.4 Å². The lowest BCUT2D eigenvalue weighted by molar-refractivity contribution is -0.0716. The minimum atomic E-state index is -3.15. The molecular weight excluding hydrogens is 286 g/mol. The Hall–Kier alpha value is -1.05. The van der Waals surface area contributed by atoms with Gasteiger partial charge in [0.25, 0.3) is 5.88 Å². The van der Waals surface area contributed by atoms with Gasteiger partial charge in [0.05, 0.1) is 0 Å². The van der Waals surface area contributed by atoms with Crippen molar-refractivity contribution in [3.05, 3.63) is 16.7 Å². The van der Waals surface area contributed by atoms with E-state index in [0.717, 1.165) is 12.3 Å². The molecule has 0 atom stereocenters. The van der Waals surface area contributed by atoms with Gasteiger partial charge in [-0.1, -0.05) is 0 Å². The van der Waals surface area contributed by atoms with Gasteiger partial charge in [0.2, 0.25) is 0 Å². The summed E-state index contributed by atoms with van der Waals surface area (Å²) in [4.78, 5) is 3.36.